The van der Waals surface area contributed by atoms with Gasteiger partial charge in [0.05, 0.1) is 0 Å². The Morgan fingerprint density at radius 1 is 1.00 bits per heavy atom. The highest BCUT2D eigenvalue weighted by atomic mass is 16.2. The van der Waals surface area contributed by atoms with Gasteiger partial charge in [0.2, 0.25) is 5.91 Å². The minimum Gasteiger partial charge on any atom is -0.344 e. The quantitative estimate of drug-likeness (QED) is 0.757. The van der Waals surface area contributed by atoms with Gasteiger partial charge < -0.3 is 9.80 Å². The van der Waals surface area contributed by atoms with Gasteiger partial charge in [-0.2, -0.15) is 0 Å². The van der Waals surface area contributed by atoms with Gasteiger partial charge in [-0.25, -0.2) is 0 Å². The van der Waals surface area contributed by atoms with E-state index >= 15 is 0 Å². The van der Waals surface area contributed by atoms with Gasteiger partial charge in [0.25, 0.3) is 0 Å². The lowest BCUT2D eigenvalue weighted by molar-refractivity contribution is -0.136. The number of rotatable bonds is 6. The number of carbonyl (C=O) groups excluding carboxylic acids is 2. The molecule has 1 aliphatic carbocycles. The summed E-state index contributed by atoms with van der Waals surface area (Å²) in [6.45, 7) is 7.60. The van der Waals surface area contributed by atoms with E-state index in [4.69, 9.17) is 0 Å². The number of Topliss-reactive ketones (excluding diaryl/α,β-unsaturated/α-hetero) is 1. The van der Waals surface area contributed by atoms with Crippen LogP contribution in [0.5, 0.6) is 0 Å². The molecule has 0 spiro atoms. The summed E-state index contributed by atoms with van der Waals surface area (Å²) in [7, 11) is 5.89. The largest absolute Gasteiger partial charge is 0.344 e. The Kier molecular flexibility index (Phi) is 7.04. The molecule has 1 aliphatic rings. The van der Waals surface area contributed by atoms with Gasteiger partial charge in [-0.1, -0.05) is 33.6 Å². The smallest absolute Gasteiger partial charge is 0.222 e. The fourth-order valence-corrected chi connectivity index (χ4v) is 3.21. The molecule has 0 aromatic rings. The number of hydrogen-bond donors (Lipinski definition) is 0. The van der Waals surface area contributed by atoms with Gasteiger partial charge in [-0.15, -0.1) is 0 Å². The highest BCUT2D eigenvalue weighted by Crippen LogP contribution is 2.37. The first-order valence-corrected chi connectivity index (χ1v) is 8.56. The van der Waals surface area contributed by atoms with E-state index in [-0.39, 0.29) is 23.2 Å². The second kappa shape index (κ2) is 8.09. The predicted octanol–water partition coefficient (Wildman–Crippen LogP) is 2.82. The van der Waals surface area contributed by atoms with Crippen molar-refractivity contribution in [3.63, 3.8) is 0 Å². The monoisotopic (exact) mass is 310 g/mol. The lowest BCUT2D eigenvalue weighted by Crippen LogP contribution is -2.39. The Bertz CT molecular complexity index is 385. The lowest BCUT2D eigenvalue weighted by atomic mass is 9.69. The van der Waals surface area contributed by atoms with Crippen molar-refractivity contribution >= 4 is 11.7 Å². The Morgan fingerprint density at radius 3 is 2.14 bits per heavy atom. The minimum atomic E-state index is -0.305. The van der Waals surface area contributed by atoms with Crippen molar-refractivity contribution in [1.82, 2.24) is 9.80 Å². The van der Waals surface area contributed by atoms with Gasteiger partial charge in [-0.3, -0.25) is 9.59 Å². The number of ketones is 1. The maximum absolute atomic E-state index is 12.7. The van der Waals surface area contributed by atoms with E-state index in [9.17, 15) is 9.59 Å². The minimum absolute atomic E-state index is 0.0694. The van der Waals surface area contributed by atoms with Crippen LogP contribution < -0.4 is 0 Å². The van der Waals surface area contributed by atoms with Crippen molar-refractivity contribution < 1.29 is 9.59 Å². The molecule has 1 rings (SSSR count). The Labute approximate surface area is 136 Å². The number of likely N-dealkylation sites (N-methyl/N-ethyl adjacent to an activating group) is 2. The first-order chi connectivity index (χ1) is 10.1. The van der Waals surface area contributed by atoms with Gasteiger partial charge in [-0.05, 0) is 32.9 Å². The van der Waals surface area contributed by atoms with E-state index in [2.05, 4.69) is 4.90 Å². The molecular formula is C18H34N2O2. The summed E-state index contributed by atoms with van der Waals surface area (Å²) in [6, 6.07) is 0. The van der Waals surface area contributed by atoms with Crippen molar-refractivity contribution in [3.8, 4) is 0 Å². The maximum atomic E-state index is 12.7. The summed E-state index contributed by atoms with van der Waals surface area (Å²) in [5.41, 5.74) is -0.305. The fourth-order valence-electron chi connectivity index (χ4n) is 3.21. The zero-order valence-electron chi connectivity index (χ0n) is 15.3. The number of hydrogen-bond acceptors (Lipinski definition) is 3. The number of carbonyl (C=O) groups is 2. The molecule has 0 radical (unpaired) electrons. The van der Waals surface area contributed by atoms with E-state index in [0.717, 1.165) is 38.8 Å². The summed E-state index contributed by atoms with van der Waals surface area (Å²) >= 11 is 0. The zero-order valence-corrected chi connectivity index (χ0v) is 15.3. The Hall–Kier alpha value is -0.900. The van der Waals surface area contributed by atoms with Gasteiger partial charge in [0.15, 0.2) is 0 Å². The van der Waals surface area contributed by atoms with Crippen LogP contribution in [-0.4, -0.2) is 55.7 Å². The van der Waals surface area contributed by atoms with E-state index in [1.54, 1.807) is 0 Å². The van der Waals surface area contributed by atoms with Crippen molar-refractivity contribution in [2.45, 2.75) is 52.9 Å². The van der Waals surface area contributed by atoms with Crippen LogP contribution in [0.4, 0.5) is 0 Å². The topological polar surface area (TPSA) is 40.6 Å². The third-order valence-corrected chi connectivity index (χ3v) is 4.73. The predicted molar refractivity (Wildman–Crippen MR) is 90.7 cm³/mol. The van der Waals surface area contributed by atoms with Gasteiger partial charge >= 0.3 is 0 Å². The van der Waals surface area contributed by atoms with Crippen LogP contribution in [0.1, 0.15) is 52.9 Å². The molecule has 1 unspecified atom stereocenters. The highest BCUT2D eigenvalue weighted by molar-refractivity contribution is 5.87. The molecule has 2 atom stereocenters. The molecule has 0 saturated heterocycles. The summed E-state index contributed by atoms with van der Waals surface area (Å²) in [5.74, 6) is 0.816. The van der Waals surface area contributed by atoms with Crippen molar-refractivity contribution in [2.24, 2.45) is 17.3 Å². The summed E-state index contributed by atoms with van der Waals surface area (Å²) < 4.78 is 0. The van der Waals surface area contributed by atoms with Crippen LogP contribution in [0.3, 0.4) is 0 Å². The SMILES string of the molecule is CN(C)CCN(C)C(=O)C[C@@H]1CCCCC1C(=O)C(C)(C)C. The van der Waals surface area contributed by atoms with Crippen LogP contribution >= 0.6 is 0 Å². The van der Waals surface area contributed by atoms with Crippen LogP contribution in [0.15, 0.2) is 0 Å². The highest BCUT2D eigenvalue weighted by Gasteiger charge is 2.37. The van der Waals surface area contributed by atoms with Gasteiger partial charge in [0.1, 0.15) is 5.78 Å². The second-order valence-electron chi connectivity index (χ2n) is 8.09. The third kappa shape index (κ3) is 5.71. The molecule has 1 saturated carbocycles. The molecule has 4 nitrogen and oxygen atoms in total. The van der Waals surface area contributed by atoms with Gasteiger partial charge in [0, 0.05) is 37.9 Å². The lowest BCUT2D eigenvalue weighted by Gasteiger charge is -2.35. The first kappa shape index (κ1) is 19.1. The van der Waals surface area contributed by atoms with Crippen molar-refractivity contribution in [3.05, 3.63) is 0 Å². The summed E-state index contributed by atoms with van der Waals surface area (Å²) in [5, 5.41) is 0. The molecule has 22 heavy (non-hydrogen) atoms. The molecule has 0 aliphatic heterocycles. The maximum Gasteiger partial charge on any atom is 0.222 e. The molecule has 0 aromatic heterocycles. The molecule has 4 heteroatoms. The fraction of sp³-hybridized carbons (Fsp3) is 0.889. The van der Waals surface area contributed by atoms with Crippen LogP contribution in [0.2, 0.25) is 0 Å². The standard InChI is InChI=1S/C18H34N2O2/c1-18(2,3)17(22)15-10-8-7-9-14(15)13-16(21)20(6)12-11-19(4)5/h14-15H,7-13H2,1-6H3/t14-,15?/m0/s1. The number of nitrogens with zero attached hydrogens (tertiary/aromatic N) is 2. The second-order valence-corrected chi connectivity index (χ2v) is 8.09. The molecule has 0 bridgehead atoms. The van der Waals surface area contributed by atoms with Crippen LogP contribution in [0.25, 0.3) is 0 Å². The summed E-state index contributed by atoms with van der Waals surface area (Å²) in [6.07, 6.45) is 4.76. The molecule has 0 N–H and O–H groups in total. The Balaban J connectivity index is 2.64. The molecule has 1 amide bonds. The van der Waals surface area contributed by atoms with Crippen molar-refractivity contribution in [1.29, 1.82) is 0 Å². The first-order valence-electron chi connectivity index (χ1n) is 8.56. The van der Waals surface area contributed by atoms with E-state index < -0.39 is 0 Å². The van der Waals surface area contributed by atoms with E-state index in [1.165, 1.54) is 0 Å². The van der Waals surface area contributed by atoms with Crippen LogP contribution in [-0.2, 0) is 9.59 Å². The number of amides is 1. The average molecular weight is 310 g/mol. The molecule has 0 aromatic carbocycles. The van der Waals surface area contributed by atoms with E-state index in [0.29, 0.717) is 12.2 Å². The molecule has 128 valence electrons. The van der Waals surface area contributed by atoms with E-state index in [1.807, 2.05) is 46.8 Å². The average Bonchev–Trinajstić information content (AvgIpc) is 2.43. The van der Waals surface area contributed by atoms with Crippen molar-refractivity contribution in [2.75, 3.05) is 34.2 Å². The third-order valence-electron chi connectivity index (χ3n) is 4.73. The summed E-state index contributed by atoms with van der Waals surface area (Å²) in [4.78, 5) is 29.0. The molecule has 0 heterocycles. The molecular weight excluding hydrogens is 276 g/mol. The zero-order chi connectivity index (χ0) is 16.9. The normalized spacial score (nSPS) is 22.7. The van der Waals surface area contributed by atoms with Crippen LogP contribution in [0, 0.1) is 17.3 Å². The Morgan fingerprint density at radius 2 is 1.59 bits per heavy atom. The molecule has 1 fully saturated rings.